The fourth-order valence-electron chi connectivity index (χ4n) is 2.95. The molecule has 2 aromatic rings. The summed E-state index contributed by atoms with van der Waals surface area (Å²) in [7, 11) is 1.47. The number of benzene rings is 2. The van der Waals surface area contributed by atoms with Crippen molar-refractivity contribution >= 4 is 40.6 Å². The van der Waals surface area contributed by atoms with Crippen molar-refractivity contribution in [2.24, 2.45) is 0 Å². The number of anilines is 1. The van der Waals surface area contributed by atoms with Crippen LogP contribution in [0.3, 0.4) is 0 Å². The average Bonchev–Trinajstić information content (AvgIpc) is 3.01. The molecule has 0 unspecified atom stereocenters. The second kappa shape index (κ2) is 9.99. The number of nitrogens with one attached hydrogen (secondary N) is 1. The minimum atomic E-state index is -4.57. The molecule has 1 aliphatic rings. The van der Waals surface area contributed by atoms with Gasteiger partial charge < -0.3 is 14.8 Å². The molecular formula is C22H19F3N2O5S. The van der Waals surface area contributed by atoms with E-state index in [0.717, 1.165) is 23.1 Å². The molecule has 174 valence electrons. The zero-order valence-corrected chi connectivity index (χ0v) is 18.4. The maximum absolute atomic E-state index is 12.8. The fourth-order valence-corrected chi connectivity index (χ4v) is 3.79. The van der Waals surface area contributed by atoms with E-state index in [2.05, 4.69) is 5.32 Å². The summed E-state index contributed by atoms with van der Waals surface area (Å²) in [5.41, 5.74) is -0.451. The number of hydrogen-bond acceptors (Lipinski definition) is 6. The number of alkyl halides is 3. The van der Waals surface area contributed by atoms with Gasteiger partial charge in [0.1, 0.15) is 6.54 Å². The number of ether oxygens (including phenoxy) is 2. The zero-order chi connectivity index (χ0) is 24.2. The molecule has 0 bridgehead atoms. The Balaban J connectivity index is 1.71. The highest BCUT2D eigenvalue weighted by Crippen LogP contribution is 2.35. The number of carbonyl (C=O) groups excluding carboxylic acids is 3. The number of rotatable bonds is 7. The minimum Gasteiger partial charge on any atom is -0.493 e. The largest absolute Gasteiger partial charge is 0.493 e. The van der Waals surface area contributed by atoms with Crippen LogP contribution >= 0.6 is 11.8 Å². The smallest absolute Gasteiger partial charge is 0.416 e. The number of hydrogen-bond donors (Lipinski definition) is 1. The predicted octanol–water partition coefficient (Wildman–Crippen LogP) is 4.79. The number of halogens is 3. The summed E-state index contributed by atoms with van der Waals surface area (Å²) in [4.78, 5) is 38.0. The van der Waals surface area contributed by atoms with Gasteiger partial charge in [-0.15, -0.1) is 0 Å². The first-order valence-corrected chi connectivity index (χ1v) is 10.5. The first-order valence-electron chi connectivity index (χ1n) is 9.65. The van der Waals surface area contributed by atoms with Gasteiger partial charge in [-0.05, 0) is 60.7 Å². The molecule has 3 amide bonds. The number of amides is 3. The lowest BCUT2D eigenvalue weighted by atomic mass is 10.2. The lowest BCUT2D eigenvalue weighted by Crippen LogP contribution is -2.36. The van der Waals surface area contributed by atoms with Gasteiger partial charge in [-0.3, -0.25) is 19.3 Å². The van der Waals surface area contributed by atoms with Crippen LogP contribution in [0.15, 0.2) is 47.4 Å². The van der Waals surface area contributed by atoms with E-state index in [1.165, 1.54) is 19.3 Å². The van der Waals surface area contributed by atoms with Gasteiger partial charge in [0.25, 0.3) is 11.1 Å². The molecule has 11 heteroatoms. The van der Waals surface area contributed by atoms with Crippen LogP contribution in [0.5, 0.6) is 11.5 Å². The van der Waals surface area contributed by atoms with Crippen LogP contribution in [0.1, 0.15) is 18.1 Å². The first kappa shape index (κ1) is 24.2. The Morgan fingerprint density at radius 1 is 1.15 bits per heavy atom. The number of carbonyl (C=O) groups is 3. The van der Waals surface area contributed by atoms with Crippen LogP contribution in [0.2, 0.25) is 0 Å². The van der Waals surface area contributed by atoms with E-state index in [1.54, 1.807) is 18.2 Å². The highest BCUT2D eigenvalue weighted by molar-refractivity contribution is 8.18. The van der Waals surface area contributed by atoms with Gasteiger partial charge in [0.05, 0.1) is 24.2 Å². The van der Waals surface area contributed by atoms with Crippen molar-refractivity contribution in [3.05, 3.63) is 58.5 Å². The van der Waals surface area contributed by atoms with Gasteiger partial charge in [-0.1, -0.05) is 12.1 Å². The Kier molecular flexibility index (Phi) is 7.32. The second-order valence-corrected chi connectivity index (χ2v) is 7.73. The molecule has 0 radical (unpaired) electrons. The molecule has 1 N–H and O–H groups in total. The Labute approximate surface area is 191 Å². The van der Waals surface area contributed by atoms with Crippen molar-refractivity contribution in [3.8, 4) is 11.5 Å². The lowest BCUT2D eigenvalue weighted by molar-refractivity contribution is -0.137. The zero-order valence-electron chi connectivity index (χ0n) is 17.6. The van der Waals surface area contributed by atoms with Gasteiger partial charge >= 0.3 is 6.18 Å². The Hall–Kier alpha value is -3.47. The summed E-state index contributed by atoms with van der Waals surface area (Å²) in [5.74, 6) is -0.514. The van der Waals surface area contributed by atoms with E-state index in [0.29, 0.717) is 35.4 Å². The molecule has 7 nitrogen and oxygen atoms in total. The van der Waals surface area contributed by atoms with Gasteiger partial charge in [0.15, 0.2) is 11.5 Å². The fraction of sp³-hybridized carbons (Fsp3) is 0.227. The van der Waals surface area contributed by atoms with Gasteiger partial charge in [0.2, 0.25) is 5.91 Å². The molecule has 2 aromatic carbocycles. The van der Waals surface area contributed by atoms with Crippen molar-refractivity contribution in [2.45, 2.75) is 13.1 Å². The molecule has 3 rings (SSSR count). The Morgan fingerprint density at radius 2 is 1.91 bits per heavy atom. The van der Waals surface area contributed by atoms with Crippen LogP contribution in [-0.4, -0.2) is 42.2 Å². The molecule has 1 heterocycles. The molecular weight excluding hydrogens is 461 g/mol. The molecule has 0 saturated carbocycles. The molecule has 1 saturated heterocycles. The molecule has 33 heavy (non-hydrogen) atoms. The van der Waals surface area contributed by atoms with E-state index in [4.69, 9.17) is 9.47 Å². The number of thioether (sulfide) groups is 1. The van der Waals surface area contributed by atoms with Crippen LogP contribution in [-0.2, 0) is 15.8 Å². The summed E-state index contributed by atoms with van der Waals surface area (Å²) < 4.78 is 49.2. The van der Waals surface area contributed by atoms with Crippen molar-refractivity contribution in [1.82, 2.24) is 4.90 Å². The lowest BCUT2D eigenvalue weighted by Gasteiger charge is -2.13. The maximum Gasteiger partial charge on any atom is 0.416 e. The van der Waals surface area contributed by atoms with Crippen LogP contribution in [0.4, 0.5) is 23.7 Å². The van der Waals surface area contributed by atoms with E-state index >= 15 is 0 Å². The average molecular weight is 480 g/mol. The topological polar surface area (TPSA) is 84.9 Å². The van der Waals surface area contributed by atoms with Crippen molar-refractivity contribution in [2.75, 3.05) is 25.6 Å². The normalized spacial score (nSPS) is 15.2. The van der Waals surface area contributed by atoms with E-state index < -0.39 is 35.3 Å². The third-order valence-corrected chi connectivity index (χ3v) is 5.34. The summed E-state index contributed by atoms with van der Waals surface area (Å²) in [6.07, 6.45) is -3.09. The van der Waals surface area contributed by atoms with Gasteiger partial charge in [-0.25, -0.2) is 0 Å². The monoisotopic (exact) mass is 480 g/mol. The third kappa shape index (κ3) is 5.86. The maximum atomic E-state index is 12.8. The Morgan fingerprint density at radius 3 is 2.58 bits per heavy atom. The molecule has 0 spiro atoms. The minimum absolute atomic E-state index is 0.0954. The number of methoxy groups -OCH3 is 1. The number of imide groups is 1. The van der Waals surface area contributed by atoms with Crippen molar-refractivity contribution in [3.63, 3.8) is 0 Å². The Bertz CT molecular complexity index is 1120. The standard InChI is InChI=1S/C22H19F3N2O5S/c1-3-32-16-8-7-13(9-17(16)31-2)10-18-20(29)27(21(30)33-18)12-19(28)26-15-6-4-5-14(11-15)22(23,24)25/h4-11H,3,12H2,1-2H3,(H,26,28)/b18-10-. The summed E-state index contributed by atoms with van der Waals surface area (Å²) in [6, 6.07) is 9.05. The van der Waals surface area contributed by atoms with Crippen LogP contribution in [0, 0.1) is 0 Å². The van der Waals surface area contributed by atoms with Crippen molar-refractivity contribution in [1.29, 1.82) is 0 Å². The summed E-state index contributed by atoms with van der Waals surface area (Å²) >= 11 is 0.656. The second-order valence-electron chi connectivity index (χ2n) is 6.74. The van der Waals surface area contributed by atoms with Gasteiger partial charge in [0, 0.05) is 5.69 Å². The van der Waals surface area contributed by atoms with E-state index in [9.17, 15) is 27.6 Å². The van der Waals surface area contributed by atoms with E-state index in [-0.39, 0.29) is 10.6 Å². The molecule has 0 aliphatic carbocycles. The first-order chi connectivity index (χ1) is 15.6. The highest BCUT2D eigenvalue weighted by atomic mass is 32.2. The van der Waals surface area contributed by atoms with E-state index in [1.807, 2.05) is 6.92 Å². The van der Waals surface area contributed by atoms with Crippen LogP contribution < -0.4 is 14.8 Å². The van der Waals surface area contributed by atoms with Crippen molar-refractivity contribution < 1.29 is 37.0 Å². The third-order valence-electron chi connectivity index (χ3n) is 4.43. The predicted molar refractivity (Wildman–Crippen MR) is 117 cm³/mol. The van der Waals surface area contributed by atoms with Gasteiger partial charge in [-0.2, -0.15) is 13.2 Å². The molecule has 1 aliphatic heterocycles. The van der Waals surface area contributed by atoms with Crippen LogP contribution in [0.25, 0.3) is 6.08 Å². The summed E-state index contributed by atoms with van der Waals surface area (Å²) in [5, 5.41) is 1.61. The molecule has 0 aromatic heterocycles. The SMILES string of the molecule is CCOc1ccc(/C=C2\SC(=O)N(CC(=O)Nc3cccc(C(F)(F)F)c3)C2=O)cc1OC. The quantitative estimate of drug-likeness (QED) is 0.574. The highest BCUT2D eigenvalue weighted by Gasteiger charge is 2.36. The molecule has 1 fully saturated rings. The number of nitrogens with zero attached hydrogens (tertiary/aromatic N) is 1. The summed E-state index contributed by atoms with van der Waals surface area (Å²) in [6.45, 7) is 1.63. The molecule has 0 atom stereocenters.